The number of nitrogens with one attached hydrogen (secondary N) is 1. The van der Waals surface area contributed by atoms with Gasteiger partial charge in [0.2, 0.25) is 0 Å². The molecule has 196 valence electrons. The second-order valence-corrected chi connectivity index (χ2v) is 8.73. The van der Waals surface area contributed by atoms with E-state index in [4.69, 9.17) is 36.3 Å². The molecule has 1 aliphatic rings. The molecular weight excluding hydrogens is 498 g/mol. The Kier molecular flexibility index (Phi) is 9.24. The Morgan fingerprint density at radius 1 is 1.19 bits per heavy atom. The molecule has 0 atom stereocenters. The lowest BCUT2D eigenvalue weighted by molar-refractivity contribution is -0.136. The third-order valence-corrected chi connectivity index (χ3v) is 6.04. The Bertz CT molecular complexity index is 1250. The minimum atomic E-state index is -0.878. The maximum absolute atomic E-state index is 12.7. The average Bonchev–Trinajstić information content (AvgIpc) is 3.25. The molecule has 0 unspecified atom stereocenters. The van der Waals surface area contributed by atoms with Gasteiger partial charge >= 0.3 is 17.9 Å². The van der Waals surface area contributed by atoms with E-state index in [1.165, 1.54) is 7.11 Å². The number of hydrogen-bond acceptors (Lipinski definition) is 8. The van der Waals surface area contributed by atoms with Crippen molar-refractivity contribution in [3.8, 4) is 11.5 Å². The van der Waals surface area contributed by atoms with Crippen LogP contribution in [-0.2, 0) is 27.3 Å². The standard InChI is InChI=1S/C27H29NO8S/c1-5-34-25(31)17-8-10-18(11-9-17)28-27(37)36-24-19(12-6-15(2)7-13-21(29)30)23(33-4)16(3)20-14-35-26(32)22(20)24/h6,8-11H,5,7,12-14H2,1-4H3,(H,28,37)(H,29,30)/b15-6+. The first-order chi connectivity index (χ1) is 17.7. The number of carbonyl (C=O) groups is 3. The molecule has 1 aliphatic heterocycles. The lowest BCUT2D eigenvalue weighted by atomic mass is 9.94. The van der Waals surface area contributed by atoms with Crippen LogP contribution in [0.2, 0.25) is 0 Å². The van der Waals surface area contributed by atoms with Gasteiger partial charge in [0.25, 0.3) is 5.17 Å². The molecule has 0 aromatic heterocycles. The second kappa shape index (κ2) is 12.4. The number of allylic oxidation sites excluding steroid dienone is 2. The smallest absolute Gasteiger partial charge is 0.342 e. The highest BCUT2D eigenvalue weighted by Crippen LogP contribution is 2.43. The molecule has 1 heterocycles. The number of carboxylic acid groups (broad SMARTS) is 1. The van der Waals surface area contributed by atoms with E-state index in [-0.39, 0.29) is 36.1 Å². The molecule has 0 radical (unpaired) electrons. The average molecular weight is 528 g/mol. The van der Waals surface area contributed by atoms with Crippen LogP contribution in [0, 0.1) is 6.92 Å². The van der Waals surface area contributed by atoms with Crippen molar-refractivity contribution in [2.24, 2.45) is 0 Å². The molecule has 3 rings (SSSR count). The minimum absolute atomic E-state index is 0.0152. The molecule has 0 bridgehead atoms. The van der Waals surface area contributed by atoms with Gasteiger partial charge in [0, 0.05) is 23.2 Å². The lowest BCUT2D eigenvalue weighted by Crippen LogP contribution is -2.19. The number of methoxy groups -OCH3 is 1. The van der Waals surface area contributed by atoms with Crippen LogP contribution in [0.4, 0.5) is 5.69 Å². The fraction of sp³-hybridized carbons (Fsp3) is 0.333. The first kappa shape index (κ1) is 27.7. The van der Waals surface area contributed by atoms with Crippen molar-refractivity contribution in [2.75, 3.05) is 19.0 Å². The SMILES string of the molecule is CCOC(=O)c1ccc(NC(=S)Oc2c(C/C=C(\C)CCC(=O)O)c(OC)c(C)c3c2C(=O)OC3)cc1. The zero-order valence-electron chi connectivity index (χ0n) is 21.1. The van der Waals surface area contributed by atoms with Crippen molar-refractivity contribution in [1.29, 1.82) is 0 Å². The third kappa shape index (κ3) is 6.65. The minimum Gasteiger partial charge on any atom is -0.496 e. The number of aliphatic carboxylic acids is 1. The topological polar surface area (TPSA) is 120 Å². The summed E-state index contributed by atoms with van der Waals surface area (Å²) in [5.41, 5.74) is 4.14. The third-order valence-electron chi connectivity index (χ3n) is 5.85. The lowest BCUT2D eigenvalue weighted by Gasteiger charge is -2.20. The molecule has 0 amide bonds. The molecule has 2 N–H and O–H groups in total. The molecule has 0 saturated heterocycles. The first-order valence-electron chi connectivity index (χ1n) is 11.7. The van der Waals surface area contributed by atoms with Crippen molar-refractivity contribution >= 4 is 41.0 Å². The van der Waals surface area contributed by atoms with E-state index in [1.54, 1.807) is 31.2 Å². The number of esters is 2. The van der Waals surface area contributed by atoms with Crippen LogP contribution in [-0.4, -0.2) is 41.9 Å². The van der Waals surface area contributed by atoms with Crippen LogP contribution in [0.15, 0.2) is 35.9 Å². The monoisotopic (exact) mass is 527 g/mol. The Morgan fingerprint density at radius 2 is 1.89 bits per heavy atom. The molecular formula is C27H29NO8S. The molecule has 9 nitrogen and oxygen atoms in total. The van der Waals surface area contributed by atoms with Crippen molar-refractivity contribution in [1.82, 2.24) is 0 Å². The number of thiocarbonyl (C=S) groups is 1. The van der Waals surface area contributed by atoms with Crippen molar-refractivity contribution < 1.29 is 38.4 Å². The highest BCUT2D eigenvalue weighted by atomic mass is 32.1. The van der Waals surface area contributed by atoms with Crippen LogP contribution in [0.5, 0.6) is 11.5 Å². The van der Waals surface area contributed by atoms with E-state index >= 15 is 0 Å². The summed E-state index contributed by atoms with van der Waals surface area (Å²) in [4.78, 5) is 35.5. The van der Waals surface area contributed by atoms with E-state index < -0.39 is 17.9 Å². The van der Waals surface area contributed by atoms with Gasteiger partial charge in [-0.3, -0.25) is 4.79 Å². The second-order valence-electron chi connectivity index (χ2n) is 8.36. The Balaban J connectivity index is 1.92. The van der Waals surface area contributed by atoms with Gasteiger partial charge in [-0.2, -0.15) is 0 Å². The summed E-state index contributed by atoms with van der Waals surface area (Å²) in [5, 5.41) is 11.9. The van der Waals surface area contributed by atoms with Crippen LogP contribution >= 0.6 is 12.2 Å². The molecule has 10 heteroatoms. The first-order valence-corrected chi connectivity index (χ1v) is 12.1. The molecule has 2 aromatic rings. The van der Waals surface area contributed by atoms with Gasteiger partial charge in [-0.25, -0.2) is 9.59 Å². The van der Waals surface area contributed by atoms with Crippen molar-refractivity contribution in [3.63, 3.8) is 0 Å². The van der Waals surface area contributed by atoms with E-state index in [0.29, 0.717) is 41.0 Å². The maximum atomic E-state index is 12.7. The van der Waals surface area contributed by atoms with Gasteiger partial charge in [-0.05, 0) is 75.7 Å². The Hall–Kier alpha value is -3.92. The number of rotatable bonds is 10. The zero-order chi connectivity index (χ0) is 27.1. The Morgan fingerprint density at radius 3 is 2.51 bits per heavy atom. The molecule has 37 heavy (non-hydrogen) atoms. The highest BCUT2D eigenvalue weighted by Gasteiger charge is 2.33. The van der Waals surface area contributed by atoms with Crippen LogP contribution in [0.25, 0.3) is 0 Å². The number of hydrogen-bond donors (Lipinski definition) is 2. The number of benzene rings is 2. The largest absolute Gasteiger partial charge is 0.496 e. The quantitative estimate of drug-likeness (QED) is 0.249. The zero-order valence-corrected chi connectivity index (χ0v) is 22.0. The summed E-state index contributed by atoms with van der Waals surface area (Å²) in [5.74, 6) is -1.06. The predicted octanol–water partition coefficient (Wildman–Crippen LogP) is 4.98. The van der Waals surface area contributed by atoms with Crippen LogP contribution in [0.1, 0.15) is 64.1 Å². The van der Waals surface area contributed by atoms with Gasteiger partial charge in [-0.1, -0.05) is 11.6 Å². The predicted molar refractivity (Wildman–Crippen MR) is 140 cm³/mol. The summed E-state index contributed by atoms with van der Waals surface area (Å²) in [6.45, 7) is 5.79. The van der Waals surface area contributed by atoms with Gasteiger partial charge < -0.3 is 29.4 Å². The van der Waals surface area contributed by atoms with E-state index in [9.17, 15) is 14.4 Å². The van der Waals surface area contributed by atoms with E-state index in [2.05, 4.69) is 5.32 Å². The summed E-state index contributed by atoms with van der Waals surface area (Å²) in [6.07, 6.45) is 2.61. The highest BCUT2D eigenvalue weighted by molar-refractivity contribution is 7.80. The number of cyclic esters (lactones) is 1. The van der Waals surface area contributed by atoms with Gasteiger partial charge in [-0.15, -0.1) is 0 Å². The van der Waals surface area contributed by atoms with Crippen LogP contribution in [0.3, 0.4) is 0 Å². The number of anilines is 1. The molecule has 0 spiro atoms. The van der Waals surface area contributed by atoms with Gasteiger partial charge in [0.05, 0.1) is 19.3 Å². The summed E-state index contributed by atoms with van der Waals surface area (Å²) in [6, 6.07) is 6.52. The summed E-state index contributed by atoms with van der Waals surface area (Å²) >= 11 is 5.43. The normalized spacial score (nSPS) is 12.4. The van der Waals surface area contributed by atoms with Gasteiger partial charge in [0.15, 0.2) is 5.75 Å². The molecule has 0 saturated carbocycles. The fourth-order valence-corrected chi connectivity index (χ4v) is 4.15. The maximum Gasteiger partial charge on any atom is 0.342 e. The molecule has 0 aliphatic carbocycles. The molecule has 2 aromatic carbocycles. The van der Waals surface area contributed by atoms with Crippen molar-refractivity contribution in [3.05, 3.63) is 63.7 Å². The van der Waals surface area contributed by atoms with Gasteiger partial charge in [0.1, 0.15) is 17.9 Å². The number of ether oxygens (including phenoxy) is 4. The van der Waals surface area contributed by atoms with E-state index in [1.807, 2.05) is 19.9 Å². The summed E-state index contributed by atoms with van der Waals surface area (Å²) < 4.78 is 22.0. The fourth-order valence-electron chi connectivity index (χ4n) is 3.95. The summed E-state index contributed by atoms with van der Waals surface area (Å²) in [7, 11) is 1.53. The van der Waals surface area contributed by atoms with Crippen LogP contribution < -0.4 is 14.8 Å². The number of carbonyl (C=O) groups excluding carboxylic acids is 2. The molecule has 0 fully saturated rings. The van der Waals surface area contributed by atoms with E-state index in [0.717, 1.165) is 11.1 Å². The van der Waals surface area contributed by atoms with Crippen molar-refractivity contribution in [2.45, 2.75) is 46.6 Å². The Labute approximate surface area is 220 Å². The number of carboxylic acids is 1. The number of fused-ring (bicyclic) bond motifs is 1.